The number of hydrogen-bond acceptors (Lipinski definition) is 3. The van der Waals surface area contributed by atoms with Gasteiger partial charge in [0.05, 0.1) is 0 Å². The summed E-state index contributed by atoms with van der Waals surface area (Å²) in [5.74, 6) is 0.0543. The number of ether oxygens (including phenoxy) is 1. The molecule has 0 radical (unpaired) electrons. The summed E-state index contributed by atoms with van der Waals surface area (Å²) in [6.07, 6.45) is 0. The molecule has 0 fully saturated rings. The van der Waals surface area contributed by atoms with Gasteiger partial charge in [-0.1, -0.05) is 41.4 Å². The molecule has 150 valence electrons. The van der Waals surface area contributed by atoms with Gasteiger partial charge in [0.1, 0.15) is 11.8 Å². The van der Waals surface area contributed by atoms with Gasteiger partial charge in [-0.3, -0.25) is 9.59 Å². The molecule has 0 aliphatic rings. The molecule has 2 aromatic rings. The minimum absolute atomic E-state index is 0.166. The number of nitrogens with one attached hydrogen (secondary N) is 1. The molecule has 0 unspecified atom stereocenters. The number of amides is 2. The predicted molar refractivity (Wildman–Crippen MR) is 112 cm³/mol. The first-order valence-corrected chi connectivity index (χ1v) is 9.63. The van der Waals surface area contributed by atoms with Crippen molar-refractivity contribution in [3.8, 4) is 5.75 Å². The molecule has 0 spiro atoms. The highest BCUT2D eigenvalue weighted by molar-refractivity contribution is 6.35. The number of benzene rings is 2. The fourth-order valence-corrected chi connectivity index (χ4v) is 3.18. The van der Waals surface area contributed by atoms with Gasteiger partial charge in [-0.15, -0.1) is 0 Å². The summed E-state index contributed by atoms with van der Waals surface area (Å²) in [7, 11) is 1.53. The number of carbonyl (C=O) groups is 2. The predicted octanol–water partition coefficient (Wildman–Crippen LogP) is 4.15. The van der Waals surface area contributed by atoms with Crippen molar-refractivity contribution in [1.29, 1.82) is 0 Å². The molecule has 1 atom stereocenters. The van der Waals surface area contributed by atoms with Gasteiger partial charge in [0.25, 0.3) is 5.91 Å². The Bertz CT molecular complexity index is 871. The summed E-state index contributed by atoms with van der Waals surface area (Å²) < 4.78 is 5.73. The van der Waals surface area contributed by atoms with Crippen molar-refractivity contribution < 1.29 is 14.3 Å². The van der Waals surface area contributed by atoms with E-state index in [4.69, 9.17) is 27.9 Å². The van der Waals surface area contributed by atoms with E-state index in [9.17, 15) is 9.59 Å². The molecule has 2 amide bonds. The van der Waals surface area contributed by atoms with Crippen molar-refractivity contribution in [2.75, 3.05) is 13.7 Å². The summed E-state index contributed by atoms with van der Waals surface area (Å²) in [5, 5.41) is 3.51. The van der Waals surface area contributed by atoms with Crippen LogP contribution in [0.3, 0.4) is 0 Å². The van der Waals surface area contributed by atoms with Gasteiger partial charge < -0.3 is 15.0 Å². The van der Waals surface area contributed by atoms with Gasteiger partial charge in [0.2, 0.25) is 5.91 Å². The van der Waals surface area contributed by atoms with Crippen LogP contribution in [0.2, 0.25) is 10.0 Å². The summed E-state index contributed by atoms with van der Waals surface area (Å²) >= 11 is 12.2. The first kappa shape index (κ1) is 22.1. The molecule has 2 aromatic carbocycles. The number of aryl methyl sites for hydroxylation is 2. The lowest BCUT2D eigenvalue weighted by Crippen LogP contribution is -2.48. The van der Waals surface area contributed by atoms with Gasteiger partial charge in [0, 0.05) is 23.6 Å². The molecular weight excluding hydrogens is 399 g/mol. The van der Waals surface area contributed by atoms with Crippen LogP contribution >= 0.6 is 23.2 Å². The van der Waals surface area contributed by atoms with Crippen molar-refractivity contribution in [2.24, 2.45) is 0 Å². The zero-order valence-electron chi connectivity index (χ0n) is 16.4. The molecule has 1 N–H and O–H groups in total. The third kappa shape index (κ3) is 5.63. The Morgan fingerprint density at radius 2 is 1.86 bits per heavy atom. The van der Waals surface area contributed by atoms with Crippen molar-refractivity contribution in [1.82, 2.24) is 10.2 Å². The molecule has 0 heterocycles. The van der Waals surface area contributed by atoms with Crippen LogP contribution < -0.4 is 10.1 Å². The van der Waals surface area contributed by atoms with Crippen LogP contribution in [0.25, 0.3) is 0 Å². The van der Waals surface area contributed by atoms with Crippen LogP contribution in [0.15, 0.2) is 36.4 Å². The van der Waals surface area contributed by atoms with Crippen molar-refractivity contribution in [3.05, 3.63) is 63.1 Å². The fraction of sp³-hybridized carbons (Fsp3) is 0.333. The molecule has 28 heavy (non-hydrogen) atoms. The Balaban J connectivity index is 2.21. The van der Waals surface area contributed by atoms with Crippen molar-refractivity contribution in [3.63, 3.8) is 0 Å². The third-order valence-corrected chi connectivity index (χ3v) is 5.05. The summed E-state index contributed by atoms with van der Waals surface area (Å²) in [6.45, 7) is 5.52. The van der Waals surface area contributed by atoms with Crippen LogP contribution in [-0.2, 0) is 16.1 Å². The highest BCUT2D eigenvalue weighted by Crippen LogP contribution is 2.24. The van der Waals surface area contributed by atoms with E-state index in [2.05, 4.69) is 5.32 Å². The van der Waals surface area contributed by atoms with Crippen LogP contribution in [-0.4, -0.2) is 36.4 Å². The zero-order chi connectivity index (χ0) is 20.8. The van der Waals surface area contributed by atoms with Gasteiger partial charge >= 0.3 is 0 Å². The summed E-state index contributed by atoms with van der Waals surface area (Å²) in [4.78, 5) is 26.5. The van der Waals surface area contributed by atoms with Crippen molar-refractivity contribution >= 4 is 35.0 Å². The van der Waals surface area contributed by atoms with E-state index in [0.29, 0.717) is 21.4 Å². The Morgan fingerprint density at radius 3 is 2.50 bits per heavy atom. The monoisotopic (exact) mass is 422 g/mol. The van der Waals surface area contributed by atoms with E-state index in [-0.39, 0.29) is 25.0 Å². The van der Waals surface area contributed by atoms with Crippen LogP contribution in [0.1, 0.15) is 23.6 Å². The molecule has 0 saturated carbocycles. The van der Waals surface area contributed by atoms with Gasteiger partial charge in [-0.05, 0) is 55.7 Å². The van der Waals surface area contributed by atoms with E-state index < -0.39 is 6.04 Å². The Labute approximate surface area is 175 Å². The second-order valence-electron chi connectivity index (χ2n) is 6.61. The topological polar surface area (TPSA) is 58.6 Å². The second kappa shape index (κ2) is 9.80. The van der Waals surface area contributed by atoms with Crippen LogP contribution in [0.5, 0.6) is 5.75 Å². The molecule has 0 aromatic heterocycles. The molecule has 7 heteroatoms. The molecule has 5 nitrogen and oxygen atoms in total. The van der Waals surface area contributed by atoms with Crippen molar-refractivity contribution in [2.45, 2.75) is 33.4 Å². The standard InChI is InChI=1S/C21H24Cl2N2O3/c1-13-5-6-14(2)19(9-13)28-12-20(26)25(15(3)21(27)24-4)11-16-7-8-17(22)10-18(16)23/h5-10,15H,11-12H2,1-4H3,(H,24,27)/t15-/m1/s1. The van der Waals surface area contributed by atoms with Gasteiger partial charge in [-0.25, -0.2) is 0 Å². The average Bonchev–Trinajstić information content (AvgIpc) is 2.66. The van der Waals surface area contributed by atoms with Gasteiger partial charge in [0.15, 0.2) is 6.61 Å². The minimum Gasteiger partial charge on any atom is -0.483 e. The molecular formula is C21H24Cl2N2O3. The van der Waals surface area contributed by atoms with E-state index >= 15 is 0 Å². The first-order valence-electron chi connectivity index (χ1n) is 8.88. The number of likely N-dealkylation sites (N-methyl/N-ethyl adjacent to an activating group) is 1. The molecule has 0 bridgehead atoms. The van der Waals surface area contributed by atoms with Crippen LogP contribution in [0, 0.1) is 13.8 Å². The number of halogens is 2. The fourth-order valence-electron chi connectivity index (χ4n) is 2.71. The maximum atomic E-state index is 12.9. The summed E-state index contributed by atoms with van der Waals surface area (Å²) in [6, 6.07) is 10.2. The van der Waals surface area contributed by atoms with E-state index in [0.717, 1.165) is 11.1 Å². The van der Waals surface area contributed by atoms with Crippen LogP contribution in [0.4, 0.5) is 0 Å². The Morgan fingerprint density at radius 1 is 1.14 bits per heavy atom. The zero-order valence-corrected chi connectivity index (χ0v) is 17.9. The maximum absolute atomic E-state index is 12.9. The Kier molecular flexibility index (Phi) is 7.72. The van der Waals surface area contributed by atoms with E-state index in [1.807, 2.05) is 32.0 Å². The SMILES string of the molecule is CNC(=O)[C@@H](C)N(Cc1ccc(Cl)cc1Cl)C(=O)COc1cc(C)ccc1C. The highest BCUT2D eigenvalue weighted by Gasteiger charge is 2.26. The summed E-state index contributed by atoms with van der Waals surface area (Å²) in [5.41, 5.74) is 2.67. The molecule has 0 aliphatic heterocycles. The lowest BCUT2D eigenvalue weighted by molar-refractivity contribution is -0.142. The average molecular weight is 423 g/mol. The minimum atomic E-state index is -0.688. The first-order chi connectivity index (χ1) is 13.2. The normalized spacial score (nSPS) is 11.6. The lowest BCUT2D eigenvalue weighted by Gasteiger charge is -2.28. The Hall–Kier alpha value is -2.24. The maximum Gasteiger partial charge on any atom is 0.261 e. The molecule has 0 saturated heterocycles. The molecule has 0 aliphatic carbocycles. The highest BCUT2D eigenvalue weighted by atomic mass is 35.5. The quantitative estimate of drug-likeness (QED) is 0.728. The smallest absolute Gasteiger partial charge is 0.261 e. The number of rotatable bonds is 7. The number of nitrogens with zero attached hydrogens (tertiary/aromatic N) is 1. The van der Waals surface area contributed by atoms with E-state index in [1.54, 1.807) is 25.1 Å². The second-order valence-corrected chi connectivity index (χ2v) is 7.45. The number of hydrogen-bond donors (Lipinski definition) is 1. The number of carbonyl (C=O) groups excluding carboxylic acids is 2. The van der Waals surface area contributed by atoms with Gasteiger partial charge in [-0.2, -0.15) is 0 Å². The third-order valence-electron chi connectivity index (χ3n) is 4.46. The lowest BCUT2D eigenvalue weighted by atomic mass is 10.1. The molecule has 2 rings (SSSR count). The van der Waals surface area contributed by atoms with E-state index in [1.165, 1.54) is 11.9 Å². The largest absolute Gasteiger partial charge is 0.483 e.